The number of nitrogens with zero attached hydrogens (tertiary/aromatic N) is 2. The van der Waals surface area contributed by atoms with Crippen LogP contribution >= 0.6 is 22.6 Å². The second-order valence-electron chi connectivity index (χ2n) is 3.11. The van der Waals surface area contributed by atoms with Gasteiger partial charge in [-0.2, -0.15) is 10.5 Å². The van der Waals surface area contributed by atoms with Crippen LogP contribution in [0.3, 0.4) is 0 Å². The summed E-state index contributed by atoms with van der Waals surface area (Å²) >= 11 is 1.95. The lowest BCUT2D eigenvalue weighted by molar-refractivity contribution is 0.598. The molecule has 0 radical (unpaired) electrons. The number of halogens is 1. The molecule has 0 fully saturated rings. The summed E-state index contributed by atoms with van der Waals surface area (Å²) in [5, 5.41) is 24.8. The Morgan fingerprint density at radius 3 is 2.50 bits per heavy atom. The molecule has 0 saturated carbocycles. The van der Waals surface area contributed by atoms with Crippen LogP contribution in [0, 0.1) is 26.2 Å². The van der Waals surface area contributed by atoms with Gasteiger partial charge in [-0.05, 0) is 40.8 Å². The first-order chi connectivity index (χ1) is 8.38. The molecular formula is C10H7IN4O2S. The van der Waals surface area contributed by atoms with Gasteiger partial charge in [0, 0.05) is 9.77 Å². The molecule has 1 aromatic rings. The van der Waals surface area contributed by atoms with Crippen molar-refractivity contribution in [2.75, 3.05) is 5.32 Å². The number of sulfonamides is 1. The van der Waals surface area contributed by atoms with Crippen molar-refractivity contribution < 1.29 is 8.42 Å². The van der Waals surface area contributed by atoms with E-state index >= 15 is 0 Å². The van der Waals surface area contributed by atoms with Gasteiger partial charge in [-0.15, -0.1) is 0 Å². The van der Waals surface area contributed by atoms with E-state index in [1.165, 1.54) is 12.1 Å². The van der Waals surface area contributed by atoms with Crippen LogP contribution in [0.2, 0.25) is 0 Å². The van der Waals surface area contributed by atoms with Crippen LogP contribution in [0.25, 0.3) is 0 Å². The number of primary sulfonamides is 1. The second kappa shape index (κ2) is 5.82. The molecule has 0 aromatic heterocycles. The first kappa shape index (κ1) is 14.4. The van der Waals surface area contributed by atoms with Gasteiger partial charge < -0.3 is 5.32 Å². The molecule has 0 spiro atoms. The van der Waals surface area contributed by atoms with E-state index in [4.69, 9.17) is 15.7 Å². The molecule has 92 valence electrons. The van der Waals surface area contributed by atoms with Gasteiger partial charge in [0.25, 0.3) is 0 Å². The van der Waals surface area contributed by atoms with Crippen molar-refractivity contribution in [1.82, 2.24) is 0 Å². The number of allylic oxidation sites excluding steroid dienone is 1. The van der Waals surface area contributed by atoms with Crippen LogP contribution in [0.15, 0.2) is 34.9 Å². The molecule has 0 amide bonds. The maximum absolute atomic E-state index is 11.4. The fraction of sp³-hybridized carbons (Fsp3) is 0. The SMILES string of the molecule is N#CC(C#N)=CNc1ccc(I)cc1S(N)(=O)=O. The van der Waals surface area contributed by atoms with Crippen LogP contribution in [-0.2, 0) is 10.0 Å². The van der Waals surface area contributed by atoms with E-state index in [1.54, 1.807) is 18.2 Å². The van der Waals surface area contributed by atoms with Crippen molar-refractivity contribution >= 4 is 38.3 Å². The molecule has 0 bridgehead atoms. The van der Waals surface area contributed by atoms with Crippen molar-refractivity contribution in [3.8, 4) is 12.1 Å². The Hall–Kier alpha value is -1.62. The number of hydrogen-bond acceptors (Lipinski definition) is 5. The molecule has 0 atom stereocenters. The zero-order valence-corrected chi connectivity index (χ0v) is 11.9. The summed E-state index contributed by atoms with van der Waals surface area (Å²) in [6, 6.07) is 7.86. The Labute approximate surface area is 118 Å². The first-order valence-electron chi connectivity index (χ1n) is 4.47. The number of nitrogens with one attached hydrogen (secondary N) is 1. The predicted molar refractivity (Wildman–Crippen MR) is 73.5 cm³/mol. The third-order valence-electron chi connectivity index (χ3n) is 1.86. The molecule has 0 saturated heterocycles. The van der Waals surface area contributed by atoms with Crippen LogP contribution in [0.1, 0.15) is 0 Å². The van der Waals surface area contributed by atoms with Crippen LogP contribution in [0.4, 0.5) is 5.69 Å². The Bertz CT molecular complexity index is 667. The summed E-state index contributed by atoms with van der Waals surface area (Å²) in [5.74, 6) is 0. The molecule has 0 aliphatic carbocycles. The summed E-state index contributed by atoms with van der Waals surface area (Å²) < 4.78 is 23.4. The standard InChI is InChI=1S/C10H7IN4O2S/c11-8-1-2-9(10(3-8)18(14,16)17)15-6-7(4-12)5-13/h1-3,6,15H,(H2,14,16,17). The monoisotopic (exact) mass is 374 g/mol. The third-order valence-corrected chi connectivity index (χ3v) is 3.48. The van der Waals surface area contributed by atoms with E-state index in [0.717, 1.165) is 6.20 Å². The normalized spacial score (nSPS) is 10.0. The highest BCUT2D eigenvalue weighted by Crippen LogP contribution is 2.22. The van der Waals surface area contributed by atoms with E-state index in [9.17, 15) is 8.42 Å². The van der Waals surface area contributed by atoms with Crippen molar-refractivity contribution in [3.63, 3.8) is 0 Å². The molecule has 8 heteroatoms. The number of nitriles is 2. The van der Waals surface area contributed by atoms with Gasteiger partial charge in [-0.3, -0.25) is 0 Å². The van der Waals surface area contributed by atoms with E-state index in [2.05, 4.69) is 5.32 Å². The van der Waals surface area contributed by atoms with E-state index in [-0.39, 0.29) is 16.2 Å². The number of benzene rings is 1. The number of rotatable bonds is 3. The lowest BCUT2D eigenvalue weighted by atomic mass is 10.3. The van der Waals surface area contributed by atoms with Crippen molar-refractivity contribution in [2.45, 2.75) is 4.90 Å². The summed E-state index contributed by atoms with van der Waals surface area (Å²) in [7, 11) is -3.88. The van der Waals surface area contributed by atoms with Crippen molar-refractivity contribution in [2.24, 2.45) is 5.14 Å². The number of anilines is 1. The van der Waals surface area contributed by atoms with Gasteiger partial charge in [0.15, 0.2) is 0 Å². The van der Waals surface area contributed by atoms with Crippen LogP contribution in [-0.4, -0.2) is 8.42 Å². The number of nitrogens with two attached hydrogens (primary N) is 1. The van der Waals surface area contributed by atoms with E-state index < -0.39 is 10.0 Å². The first-order valence-corrected chi connectivity index (χ1v) is 7.10. The molecule has 0 aliphatic rings. The Kier molecular flexibility index (Phi) is 4.67. The fourth-order valence-electron chi connectivity index (χ4n) is 1.09. The van der Waals surface area contributed by atoms with Gasteiger partial charge in [0.2, 0.25) is 10.0 Å². The van der Waals surface area contributed by atoms with E-state index in [0.29, 0.717) is 3.57 Å². The van der Waals surface area contributed by atoms with Crippen molar-refractivity contribution in [1.29, 1.82) is 10.5 Å². The smallest absolute Gasteiger partial charge is 0.240 e. The second-order valence-corrected chi connectivity index (χ2v) is 5.89. The maximum Gasteiger partial charge on any atom is 0.240 e. The summed E-state index contributed by atoms with van der Waals surface area (Å²) in [6.45, 7) is 0. The highest BCUT2D eigenvalue weighted by molar-refractivity contribution is 14.1. The fourth-order valence-corrected chi connectivity index (χ4v) is 2.52. The van der Waals surface area contributed by atoms with Gasteiger partial charge >= 0.3 is 0 Å². The molecule has 1 aromatic carbocycles. The zero-order chi connectivity index (χ0) is 13.8. The van der Waals surface area contributed by atoms with Gasteiger partial charge in [0.1, 0.15) is 22.6 Å². The van der Waals surface area contributed by atoms with Gasteiger partial charge in [-0.1, -0.05) is 0 Å². The van der Waals surface area contributed by atoms with Crippen LogP contribution in [0.5, 0.6) is 0 Å². The van der Waals surface area contributed by atoms with E-state index in [1.807, 2.05) is 22.6 Å². The molecule has 0 aliphatic heterocycles. The Morgan fingerprint density at radius 1 is 1.39 bits per heavy atom. The number of hydrogen-bond donors (Lipinski definition) is 2. The molecular weight excluding hydrogens is 367 g/mol. The summed E-state index contributed by atoms with van der Waals surface area (Å²) in [6.07, 6.45) is 1.12. The quantitative estimate of drug-likeness (QED) is 0.610. The molecule has 0 heterocycles. The third kappa shape index (κ3) is 3.70. The lowest BCUT2D eigenvalue weighted by Gasteiger charge is -2.07. The van der Waals surface area contributed by atoms with Crippen LogP contribution < -0.4 is 10.5 Å². The molecule has 18 heavy (non-hydrogen) atoms. The highest BCUT2D eigenvalue weighted by atomic mass is 127. The summed E-state index contributed by atoms with van der Waals surface area (Å²) in [4.78, 5) is -0.0964. The van der Waals surface area contributed by atoms with Gasteiger partial charge in [-0.25, -0.2) is 13.6 Å². The highest BCUT2D eigenvalue weighted by Gasteiger charge is 2.13. The molecule has 3 N–H and O–H groups in total. The molecule has 0 unspecified atom stereocenters. The Morgan fingerprint density at radius 2 is 2.00 bits per heavy atom. The van der Waals surface area contributed by atoms with Gasteiger partial charge in [0.05, 0.1) is 5.69 Å². The largest absolute Gasteiger partial charge is 0.359 e. The topological polar surface area (TPSA) is 120 Å². The minimum absolute atomic E-state index is 0.0964. The van der Waals surface area contributed by atoms with Crippen molar-refractivity contribution in [3.05, 3.63) is 33.5 Å². The lowest BCUT2D eigenvalue weighted by Crippen LogP contribution is -2.14. The minimum atomic E-state index is -3.88. The average molecular weight is 374 g/mol. The summed E-state index contributed by atoms with van der Waals surface area (Å²) in [5.41, 5.74) is 0.0369. The predicted octanol–water partition coefficient (Wildman–Crippen LogP) is 1.28. The average Bonchev–Trinajstić information content (AvgIpc) is 2.30. The zero-order valence-electron chi connectivity index (χ0n) is 8.88. The molecule has 1 rings (SSSR count). The Balaban J connectivity index is 3.24. The maximum atomic E-state index is 11.4. The molecule has 6 nitrogen and oxygen atoms in total. The minimum Gasteiger partial charge on any atom is -0.359 e.